The van der Waals surface area contributed by atoms with Crippen LogP contribution < -0.4 is 5.32 Å². The maximum absolute atomic E-state index is 13.0. The molecule has 7 unspecified atom stereocenters. The summed E-state index contributed by atoms with van der Waals surface area (Å²) >= 11 is 0. The standard InChI is InChI=1S/C52H95NO10/c1-3-5-7-9-11-13-15-19-22-26-30-34-38-45(55)44(43-62-52-51(60)50(59)49(58)46(42-54)63-52)53-47(56)39-35-31-27-23-20-16-17-21-25-29-33-37-41-61-48(57)40-36-32-28-24-18-14-12-10-8-6-4-2/h9,11,19,22,34,38,44-46,49-52,54-55,58-60H,3-8,10,12-18,20-21,23-33,35-37,39-43H2,1-2H3,(H,53,56)/b11-9+,22-19+,38-34+. The minimum absolute atomic E-state index is 0.0361. The Morgan fingerprint density at radius 1 is 0.571 bits per heavy atom. The fourth-order valence-electron chi connectivity index (χ4n) is 7.80. The molecular weight excluding hydrogens is 799 g/mol. The smallest absolute Gasteiger partial charge is 0.305 e. The van der Waals surface area contributed by atoms with Gasteiger partial charge in [0.15, 0.2) is 6.29 Å². The van der Waals surface area contributed by atoms with Crippen LogP contribution in [0, 0.1) is 0 Å². The van der Waals surface area contributed by atoms with Gasteiger partial charge in [0, 0.05) is 12.8 Å². The molecule has 0 saturated carbocycles. The molecule has 6 N–H and O–H groups in total. The zero-order valence-corrected chi connectivity index (χ0v) is 40.0. The lowest BCUT2D eigenvalue weighted by Gasteiger charge is -2.40. The van der Waals surface area contributed by atoms with E-state index in [4.69, 9.17) is 14.2 Å². The first-order valence-corrected chi connectivity index (χ1v) is 25.8. The van der Waals surface area contributed by atoms with E-state index in [1.807, 2.05) is 6.08 Å². The Morgan fingerprint density at radius 3 is 1.56 bits per heavy atom. The van der Waals surface area contributed by atoms with E-state index in [-0.39, 0.29) is 18.5 Å². The molecule has 7 atom stereocenters. The number of carbonyl (C=O) groups excluding carboxylic acids is 2. The molecule has 0 bridgehead atoms. The van der Waals surface area contributed by atoms with Gasteiger partial charge in [-0.2, -0.15) is 0 Å². The van der Waals surface area contributed by atoms with Crippen molar-refractivity contribution in [3.8, 4) is 0 Å². The number of nitrogens with one attached hydrogen (secondary N) is 1. The third kappa shape index (κ3) is 33.1. The van der Waals surface area contributed by atoms with Gasteiger partial charge in [0.2, 0.25) is 5.91 Å². The summed E-state index contributed by atoms with van der Waals surface area (Å²) in [7, 11) is 0. The van der Waals surface area contributed by atoms with Crippen LogP contribution in [0.3, 0.4) is 0 Å². The van der Waals surface area contributed by atoms with Crippen LogP contribution in [0.4, 0.5) is 0 Å². The zero-order valence-electron chi connectivity index (χ0n) is 40.0. The summed E-state index contributed by atoms with van der Waals surface area (Å²) < 4.78 is 16.6. The number of aliphatic hydroxyl groups excluding tert-OH is 5. The molecule has 63 heavy (non-hydrogen) atoms. The first kappa shape index (κ1) is 58.9. The number of carbonyl (C=O) groups is 2. The number of esters is 1. The molecule has 0 aromatic heterocycles. The second-order valence-electron chi connectivity index (χ2n) is 17.9. The molecule has 0 spiro atoms. The number of amides is 1. The highest BCUT2D eigenvalue weighted by Crippen LogP contribution is 2.23. The van der Waals surface area contributed by atoms with Gasteiger partial charge in [0.25, 0.3) is 0 Å². The van der Waals surface area contributed by atoms with Gasteiger partial charge < -0.3 is 45.1 Å². The average Bonchev–Trinajstić information content (AvgIpc) is 3.28. The minimum atomic E-state index is -1.59. The highest BCUT2D eigenvalue weighted by molar-refractivity contribution is 5.76. The Balaban J connectivity index is 2.21. The van der Waals surface area contributed by atoms with E-state index >= 15 is 0 Å². The van der Waals surface area contributed by atoms with Crippen LogP contribution in [0.25, 0.3) is 0 Å². The number of unbranched alkanes of at least 4 members (excludes halogenated alkanes) is 25. The molecule has 0 aromatic carbocycles. The molecule has 368 valence electrons. The minimum Gasteiger partial charge on any atom is -0.466 e. The number of rotatable bonds is 43. The Bertz CT molecular complexity index is 1150. The number of allylic oxidation sites excluding steroid dienone is 5. The quantitative estimate of drug-likeness (QED) is 0.0196. The van der Waals surface area contributed by atoms with Gasteiger partial charge >= 0.3 is 5.97 Å². The lowest BCUT2D eigenvalue weighted by Crippen LogP contribution is -2.60. The van der Waals surface area contributed by atoms with Crippen LogP contribution in [0.1, 0.15) is 219 Å². The highest BCUT2D eigenvalue weighted by atomic mass is 16.7. The molecule has 11 heteroatoms. The predicted octanol–water partition coefficient (Wildman–Crippen LogP) is 10.4. The second kappa shape index (κ2) is 42.5. The summed E-state index contributed by atoms with van der Waals surface area (Å²) in [5, 5.41) is 54.1. The van der Waals surface area contributed by atoms with Gasteiger partial charge in [-0.3, -0.25) is 9.59 Å². The molecule has 1 amide bonds. The topological polar surface area (TPSA) is 175 Å². The molecule has 1 saturated heterocycles. The SMILES string of the molecule is CCCC/C=C/CC/C=C/CC/C=C/C(O)C(COC1OC(CO)C(O)C(O)C1O)NC(=O)CCCCCCCCCCCCCCOC(=O)CCCCCCCCCCCCC. The van der Waals surface area contributed by atoms with Crippen molar-refractivity contribution in [1.29, 1.82) is 0 Å². The lowest BCUT2D eigenvalue weighted by atomic mass is 9.99. The fraction of sp³-hybridized carbons (Fsp3) is 0.846. The van der Waals surface area contributed by atoms with E-state index in [1.165, 1.54) is 109 Å². The van der Waals surface area contributed by atoms with Crippen LogP contribution in [-0.2, 0) is 23.8 Å². The molecule has 11 nitrogen and oxygen atoms in total. The first-order chi connectivity index (χ1) is 30.7. The van der Waals surface area contributed by atoms with E-state index < -0.39 is 49.5 Å². The van der Waals surface area contributed by atoms with Crippen molar-refractivity contribution < 1.29 is 49.3 Å². The fourth-order valence-corrected chi connectivity index (χ4v) is 7.80. The highest BCUT2D eigenvalue weighted by Gasteiger charge is 2.44. The summed E-state index contributed by atoms with van der Waals surface area (Å²) in [6.45, 7) is 4.20. The van der Waals surface area contributed by atoms with Crippen molar-refractivity contribution in [2.45, 2.75) is 262 Å². The number of hydrogen-bond donors (Lipinski definition) is 6. The van der Waals surface area contributed by atoms with Gasteiger partial charge in [-0.05, 0) is 51.4 Å². The average molecular weight is 894 g/mol. The first-order valence-electron chi connectivity index (χ1n) is 25.8. The molecule has 1 aliphatic heterocycles. The maximum atomic E-state index is 13.0. The van der Waals surface area contributed by atoms with Crippen molar-refractivity contribution in [3.63, 3.8) is 0 Å². The largest absolute Gasteiger partial charge is 0.466 e. The molecule has 0 aromatic rings. The number of hydrogen-bond acceptors (Lipinski definition) is 10. The summed E-state index contributed by atoms with van der Waals surface area (Å²) in [5.74, 6) is -0.250. The van der Waals surface area contributed by atoms with E-state index in [0.717, 1.165) is 77.0 Å². The zero-order chi connectivity index (χ0) is 46.0. The molecule has 1 heterocycles. The summed E-state index contributed by atoms with van der Waals surface area (Å²) in [6.07, 6.45) is 39.3. The second-order valence-corrected chi connectivity index (χ2v) is 17.9. The van der Waals surface area contributed by atoms with Crippen molar-refractivity contribution >= 4 is 11.9 Å². The monoisotopic (exact) mass is 894 g/mol. The Kier molecular flexibility index (Phi) is 39.7. The predicted molar refractivity (Wildman–Crippen MR) is 255 cm³/mol. The Labute approximate surface area is 383 Å². The van der Waals surface area contributed by atoms with E-state index in [2.05, 4.69) is 43.5 Å². The van der Waals surface area contributed by atoms with E-state index in [9.17, 15) is 35.1 Å². The third-order valence-corrected chi connectivity index (χ3v) is 12.0. The van der Waals surface area contributed by atoms with Crippen LogP contribution in [0.2, 0.25) is 0 Å². The van der Waals surface area contributed by atoms with Crippen molar-refractivity contribution in [2.75, 3.05) is 19.8 Å². The van der Waals surface area contributed by atoms with Crippen LogP contribution in [0.5, 0.6) is 0 Å². The Morgan fingerprint density at radius 2 is 1.03 bits per heavy atom. The van der Waals surface area contributed by atoms with Gasteiger partial charge in [-0.1, -0.05) is 192 Å². The lowest BCUT2D eigenvalue weighted by molar-refractivity contribution is -0.302. The van der Waals surface area contributed by atoms with Crippen LogP contribution >= 0.6 is 0 Å². The van der Waals surface area contributed by atoms with Crippen LogP contribution in [0.15, 0.2) is 36.5 Å². The van der Waals surface area contributed by atoms with Gasteiger partial charge in [-0.15, -0.1) is 0 Å². The normalized spacial score (nSPS) is 20.3. The van der Waals surface area contributed by atoms with Crippen molar-refractivity contribution in [3.05, 3.63) is 36.5 Å². The van der Waals surface area contributed by atoms with Crippen LogP contribution in [-0.4, -0.2) is 100 Å². The molecule has 1 aliphatic rings. The maximum Gasteiger partial charge on any atom is 0.305 e. The van der Waals surface area contributed by atoms with Gasteiger partial charge in [0.1, 0.15) is 24.4 Å². The van der Waals surface area contributed by atoms with Gasteiger partial charge in [-0.25, -0.2) is 0 Å². The molecule has 0 aliphatic carbocycles. The number of aliphatic hydroxyl groups is 5. The summed E-state index contributed by atoms with van der Waals surface area (Å²) in [4.78, 5) is 25.0. The Hall–Kier alpha value is -2.12. The van der Waals surface area contributed by atoms with E-state index in [1.54, 1.807) is 6.08 Å². The van der Waals surface area contributed by atoms with Gasteiger partial charge in [0.05, 0.1) is 32.0 Å². The van der Waals surface area contributed by atoms with E-state index in [0.29, 0.717) is 25.9 Å². The van der Waals surface area contributed by atoms with Crippen molar-refractivity contribution in [1.82, 2.24) is 5.32 Å². The molecule has 0 radical (unpaired) electrons. The molecule has 1 fully saturated rings. The summed E-state index contributed by atoms with van der Waals surface area (Å²) in [6, 6.07) is -0.845. The summed E-state index contributed by atoms with van der Waals surface area (Å²) in [5.41, 5.74) is 0. The third-order valence-electron chi connectivity index (χ3n) is 12.0. The number of ether oxygens (including phenoxy) is 3. The molecule has 1 rings (SSSR count). The van der Waals surface area contributed by atoms with Crippen molar-refractivity contribution in [2.24, 2.45) is 0 Å². The molecular formula is C52H95NO10.